The summed E-state index contributed by atoms with van der Waals surface area (Å²) in [7, 11) is 0. The molecule has 0 atom stereocenters. The molecule has 0 saturated heterocycles. The minimum Gasteiger partial charge on any atom is -0.384 e. The van der Waals surface area contributed by atoms with E-state index < -0.39 is 0 Å². The minimum absolute atomic E-state index is 0.0998. The number of aromatic nitrogens is 2. The molecular weight excluding hydrogens is 240 g/mol. The van der Waals surface area contributed by atoms with Crippen molar-refractivity contribution in [3.8, 4) is 0 Å². The Hall–Kier alpha value is -1.40. The van der Waals surface area contributed by atoms with E-state index in [0.29, 0.717) is 0 Å². The van der Waals surface area contributed by atoms with Crippen LogP contribution in [0.4, 0.5) is 0 Å². The van der Waals surface area contributed by atoms with Crippen molar-refractivity contribution in [2.75, 3.05) is 0 Å². The second-order valence-electron chi connectivity index (χ2n) is 3.11. The molecule has 0 saturated carbocycles. The molecule has 2 rings (SSSR count). The van der Waals surface area contributed by atoms with Crippen LogP contribution in [0.1, 0.15) is 11.1 Å². The van der Waals surface area contributed by atoms with Crippen molar-refractivity contribution in [2.45, 2.75) is 10.1 Å². The first kappa shape index (κ1) is 11.1. The van der Waals surface area contributed by atoms with E-state index in [0.717, 1.165) is 21.2 Å². The van der Waals surface area contributed by atoms with Crippen molar-refractivity contribution < 1.29 is 0 Å². The average molecular weight is 250 g/mol. The van der Waals surface area contributed by atoms with E-state index in [1.54, 1.807) is 17.3 Å². The summed E-state index contributed by atoms with van der Waals surface area (Å²) in [5, 5.41) is 15.1. The fourth-order valence-corrected chi connectivity index (χ4v) is 2.63. The first-order chi connectivity index (χ1) is 7.75. The number of nitrogens with one attached hydrogen (secondary N) is 1. The Morgan fingerprint density at radius 2 is 2.38 bits per heavy atom. The van der Waals surface area contributed by atoms with Crippen LogP contribution in [-0.4, -0.2) is 16.0 Å². The smallest absolute Gasteiger partial charge is 0.174 e. The SMILES string of the molecule is N=C(N)c1cccc(CSc2nncs2)c1. The summed E-state index contributed by atoms with van der Waals surface area (Å²) in [6.07, 6.45) is 0. The second kappa shape index (κ2) is 5.09. The maximum absolute atomic E-state index is 7.35. The van der Waals surface area contributed by atoms with Gasteiger partial charge in [0.25, 0.3) is 0 Å². The zero-order valence-corrected chi connectivity index (χ0v) is 10.0. The molecule has 2 aromatic rings. The summed E-state index contributed by atoms with van der Waals surface area (Å²) >= 11 is 3.16. The highest BCUT2D eigenvalue weighted by atomic mass is 32.2. The Morgan fingerprint density at radius 3 is 3.06 bits per heavy atom. The summed E-state index contributed by atoms with van der Waals surface area (Å²) in [4.78, 5) is 0. The van der Waals surface area contributed by atoms with Crippen molar-refractivity contribution >= 4 is 28.9 Å². The molecule has 0 aliphatic rings. The monoisotopic (exact) mass is 250 g/mol. The highest BCUT2D eigenvalue weighted by Gasteiger charge is 2.01. The van der Waals surface area contributed by atoms with E-state index in [-0.39, 0.29) is 5.84 Å². The van der Waals surface area contributed by atoms with E-state index in [1.807, 2.05) is 24.3 Å². The molecule has 82 valence electrons. The van der Waals surface area contributed by atoms with E-state index >= 15 is 0 Å². The fourth-order valence-electron chi connectivity index (χ4n) is 1.20. The minimum atomic E-state index is 0.0998. The van der Waals surface area contributed by atoms with Crippen LogP contribution < -0.4 is 5.73 Å². The Morgan fingerprint density at radius 1 is 1.50 bits per heavy atom. The number of hydrogen-bond donors (Lipinski definition) is 2. The summed E-state index contributed by atoms with van der Waals surface area (Å²) in [5.41, 5.74) is 9.04. The van der Waals surface area contributed by atoms with Gasteiger partial charge >= 0.3 is 0 Å². The molecule has 0 unspecified atom stereocenters. The number of nitrogens with zero attached hydrogens (tertiary/aromatic N) is 2. The lowest BCUT2D eigenvalue weighted by Crippen LogP contribution is -2.10. The van der Waals surface area contributed by atoms with Crippen LogP contribution in [0.15, 0.2) is 34.1 Å². The molecule has 0 radical (unpaired) electrons. The number of nitrogen functional groups attached to an aromatic ring is 1. The first-order valence-corrected chi connectivity index (χ1v) is 6.44. The number of thioether (sulfide) groups is 1. The number of rotatable bonds is 4. The van der Waals surface area contributed by atoms with Gasteiger partial charge in [0, 0.05) is 11.3 Å². The predicted octanol–water partition coefficient (Wildman–Crippen LogP) is 2.11. The third-order valence-corrected chi connectivity index (χ3v) is 3.87. The van der Waals surface area contributed by atoms with Gasteiger partial charge in [-0.15, -0.1) is 10.2 Å². The average Bonchev–Trinajstić information content (AvgIpc) is 2.79. The van der Waals surface area contributed by atoms with Crippen LogP contribution in [0.25, 0.3) is 0 Å². The second-order valence-corrected chi connectivity index (χ2v) is 5.16. The number of nitrogens with two attached hydrogens (primary N) is 1. The van der Waals surface area contributed by atoms with Gasteiger partial charge in [-0.2, -0.15) is 0 Å². The summed E-state index contributed by atoms with van der Waals surface area (Å²) in [6.45, 7) is 0. The Bertz CT molecular complexity index is 481. The maximum Gasteiger partial charge on any atom is 0.174 e. The summed E-state index contributed by atoms with van der Waals surface area (Å²) < 4.78 is 0.952. The van der Waals surface area contributed by atoms with Crippen LogP contribution in [0.3, 0.4) is 0 Å². The number of amidine groups is 1. The Balaban J connectivity index is 2.04. The van der Waals surface area contributed by atoms with Crippen LogP contribution >= 0.6 is 23.1 Å². The van der Waals surface area contributed by atoms with Crippen molar-refractivity contribution in [2.24, 2.45) is 5.73 Å². The molecule has 16 heavy (non-hydrogen) atoms. The van der Waals surface area contributed by atoms with E-state index in [2.05, 4.69) is 10.2 Å². The van der Waals surface area contributed by atoms with Crippen molar-refractivity contribution in [3.05, 3.63) is 40.9 Å². The zero-order chi connectivity index (χ0) is 11.4. The van der Waals surface area contributed by atoms with Crippen molar-refractivity contribution in [3.63, 3.8) is 0 Å². The highest BCUT2D eigenvalue weighted by molar-refractivity contribution is 8.00. The molecule has 0 fully saturated rings. The molecule has 1 heterocycles. The molecule has 0 aliphatic heterocycles. The third-order valence-electron chi connectivity index (χ3n) is 1.94. The van der Waals surface area contributed by atoms with Gasteiger partial charge in [-0.3, -0.25) is 5.41 Å². The third kappa shape index (κ3) is 2.80. The molecule has 1 aromatic carbocycles. The lowest BCUT2D eigenvalue weighted by atomic mass is 10.1. The van der Waals surface area contributed by atoms with E-state index in [1.165, 1.54) is 11.3 Å². The van der Waals surface area contributed by atoms with Gasteiger partial charge < -0.3 is 5.73 Å². The van der Waals surface area contributed by atoms with Gasteiger partial charge in [-0.25, -0.2) is 0 Å². The van der Waals surface area contributed by atoms with Crippen molar-refractivity contribution in [1.82, 2.24) is 10.2 Å². The molecule has 0 spiro atoms. The van der Waals surface area contributed by atoms with Gasteiger partial charge in [-0.1, -0.05) is 41.3 Å². The molecule has 0 aliphatic carbocycles. The number of benzene rings is 1. The van der Waals surface area contributed by atoms with Gasteiger partial charge in [0.05, 0.1) is 0 Å². The van der Waals surface area contributed by atoms with Crippen LogP contribution in [0.5, 0.6) is 0 Å². The largest absolute Gasteiger partial charge is 0.384 e. The van der Waals surface area contributed by atoms with Gasteiger partial charge in [0.1, 0.15) is 11.3 Å². The molecule has 0 amide bonds. The van der Waals surface area contributed by atoms with Crippen molar-refractivity contribution in [1.29, 1.82) is 5.41 Å². The molecule has 3 N–H and O–H groups in total. The summed E-state index contributed by atoms with van der Waals surface area (Å²) in [5.74, 6) is 0.916. The molecule has 1 aromatic heterocycles. The van der Waals surface area contributed by atoms with Crippen LogP contribution in [0.2, 0.25) is 0 Å². The zero-order valence-electron chi connectivity index (χ0n) is 8.38. The van der Waals surface area contributed by atoms with E-state index in [4.69, 9.17) is 11.1 Å². The quantitative estimate of drug-likeness (QED) is 0.495. The standard InChI is InChI=1S/C10H10N4S2/c11-9(12)8-3-1-2-7(4-8)5-15-10-14-13-6-16-10/h1-4,6H,5H2,(H3,11,12). The van der Waals surface area contributed by atoms with Crippen LogP contribution in [0, 0.1) is 5.41 Å². The van der Waals surface area contributed by atoms with Gasteiger partial charge in [0.2, 0.25) is 0 Å². The fraction of sp³-hybridized carbons (Fsp3) is 0.100. The lowest BCUT2D eigenvalue weighted by Gasteiger charge is -2.02. The highest BCUT2D eigenvalue weighted by Crippen LogP contribution is 2.23. The Labute approximate surface area is 101 Å². The van der Waals surface area contributed by atoms with E-state index in [9.17, 15) is 0 Å². The molecular formula is C10H10N4S2. The van der Waals surface area contributed by atoms with Crippen LogP contribution in [-0.2, 0) is 5.75 Å². The normalized spacial score (nSPS) is 10.2. The predicted molar refractivity (Wildman–Crippen MR) is 66.9 cm³/mol. The lowest BCUT2D eigenvalue weighted by molar-refractivity contribution is 1.01. The molecule has 4 nitrogen and oxygen atoms in total. The number of hydrogen-bond acceptors (Lipinski definition) is 5. The first-order valence-electron chi connectivity index (χ1n) is 4.58. The summed E-state index contributed by atoms with van der Waals surface area (Å²) in [6, 6.07) is 7.69. The topological polar surface area (TPSA) is 75.7 Å². The molecule has 0 bridgehead atoms. The maximum atomic E-state index is 7.35. The molecule has 6 heteroatoms. The van der Waals surface area contributed by atoms with Gasteiger partial charge in [-0.05, 0) is 11.6 Å². The van der Waals surface area contributed by atoms with Gasteiger partial charge in [0.15, 0.2) is 4.34 Å². The Kier molecular flexibility index (Phi) is 3.53.